The molecule has 2 rings (SSSR count). The third kappa shape index (κ3) is 6.02. The minimum atomic E-state index is -0.596. The Labute approximate surface area is 152 Å². The molecule has 0 spiro atoms. The lowest BCUT2D eigenvalue weighted by molar-refractivity contribution is -0.138. The van der Waals surface area contributed by atoms with Crippen LogP contribution in [0.25, 0.3) is 0 Å². The number of carbonyl (C=O) groups excluding carboxylic acids is 1. The predicted molar refractivity (Wildman–Crippen MR) is 100 cm³/mol. The van der Waals surface area contributed by atoms with Crippen LogP contribution in [0.1, 0.15) is 18.1 Å². The number of nitrogens with one attached hydrogen (secondary N) is 1. The van der Waals surface area contributed by atoms with Crippen molar-refractivity contribution >= 4 is 17.7 Å². The fraction of sp³-hybridized carbons (Fsp3) is 0.200. The van der Waals surface area contributed by atoms with Crippen molar-refractivity contribution in [2.75, 3.05) is 6.61 Å². The number of rotatable bonds is 8. The lowest BCUT2D eigenvalue weighted by Crippen LogP contribution is -2.17. The maximum absolute atomic E-state index is 12.1. The molecular weight excluding hydrogens is 332 g/mol. The van der Waals surface area contributed by atoms with E-state index in [2.05, 4.69) is 5.32 Å². The van der Waals surface area contributed by atoms with Crippen LogP contribution in [-0.2, 0) is 21.8 Å². The summed E-state index contributed by atoms with van der Waals surface area (Å²) in [6.07, 6.45) is 0. The van der Waals surface area contributed by atoms with Crippen molar-refractivity contribution in [2.24, 2.45) is 0 Å². The molecule has 5 heteroatoms. The zero-order valence-electron chi connectivity index (χ0n) is 14.1. The van der Waals surface area contributed by atoms with E-state index in [4.69, 9.17) is 4.74 Å². The number of esters is 1. The van der Waals surface area contributed by atoms with Gasteiger partial charge in [0.2, 0.25) is 0 Å². The standard InChI is InChI=1S/C20H20N2O2S/c1-2-24-20(23)18(13-21)19(22-14-16-9-5-3-6-10-16)25-15-17-11-7-4-8-12-17/h3-12,22H,2,14-15H2,1H3. The summed E-state index contributed by atoms with van der Waals surface area (Å²) in [5.41, 5.74) is 2.20. The highest BCUT2D eigenvalue weighted by Crippen LogP contribution is 2.23. The van der Waals surface area contributed by atoms with Crippen molar-refractivity contribution in [3.05, 3.63) is 82.4 Å². The number of nitrogens with zero attached hydrogens (tertiary/aromatic N) is 1. The Kier molecular flexibility index (Phi) is 7.61. The first-order valence-electron chi connectivity index (χ1n) is 8.00. The van der Waals surface area contributed by atoms with Crippen molar-refractivity contribution in [3.63, 3.8) is 0 Å². The molecule has 0 atom stereocenters. The molecule has 0 aliphatic carbocycles. The molecule has 0 aliphatic heterocycles. The molecule has 2 aromatic carbocycles. The van der Waals surface area contributed by atoms with Crippen LogP contribution in [0.3, 0.4) is 0 Å². The molecule has 0 radical (unpaired) electrons. The van der Waals surface area contributed by atoms with Crippen LogP contribution < -0.4 is 5.32 Å². The van der Waals surface area contributed by atoms with Gasteiger partial charge in [0.25, 0.3) is 0 Å². The second-order valence-corrected chi connectivity index (χ2v) is 6.14. The zero-order valence-corrected chi connectivity index (χ0v) is 14.9. The summed E-state index contributed by atoms with van der Waals surface area (Å²) < 4.78 is 5.01. The van der Waals surface area contributed by atoms with Gasteiger partial charge in [-0.15, -0.1) is 11.8 Å². The van der Waals surface area contributed by atoms with E-state index in [9.17, 15) is 10.1 Å². The normalized spacial score (nSPS) is 11.2. The predicted octanol–water partition coefficient (Wildman–Crippen LogP) is 4.01. The van der Waals surface area contributed by atoms with Crippen molar-refractivity contribution in [1.82, 2.24) is 5.32 Å². The van der Waals surface area contributed by atoms with Crippen LogP contribution in [-0.4, -0.2) is 12.6 Å². The summed E-state index contributed by atoms with van der Waals surface area (Å²) in [6.45, 7) is 2.49. The number of carbonyl (C=O) groups is 1. The first-order chi connectivity index (χ1) is 12.2. The fourth-order valence-electron chi connectivity index (χ4n) is 2.11. The molecular formula is C20H20N2O2S. The number of nitriles is 1. The fourth-order valence-corrected chi connectivity index (χ4v) is 3.06. The minimum absolute atomic E-state index is 0.0127. The first kappa shape index (κ1) is 18.6. The Hall–Kier alpha value is -2.71. The lowest BCUT2D eigenvalue weighted by atomic mass is 10.2. The van der Waals surface area contributed by atoms with E-state index in [-0.39, 0.29) is 12.2 Å². The van der Waals surface area contributed by atoms with Gasteiger partial charge < -0.3 is 10.1 Å². The smallest absolute Gasteiger partial charge is 0.351 e. The van der Waals surface area contributed by atoms with Gasteiger partial charge in [0.15, 0.2) is 5.57 Å². The summed E-state index contributed by atoms with van der Waals surface area (Å²) in [4.78, 5) is 12.1. The molecule has 2 aromatic rings. The number of benzene rings is 2. The molecule has 0 fully saturated rings. The summed E-state index contributed by atoms with van der Waals surface area (Å²) in [6, 6.07) is 21.7. The van der Waals surface area contributed by atoms with Gasteiger partial charge in [0.05, 0.1) is 11.6 Å². The van der Waals surface area contributed by atoms with Crippen LogP contribution in [0.4, 0.5) is 0 Å². The van der Waals surface area contributed by atoms with E-state index in [0.29, 0.717) is 17.3 Å². The van der Waals surface area contributed by atoms with Crippen LogP contribution in [0.5, 0.6) is 0 Å². The molecule has 0 saturated carbocycles. The maximum atomic E-state index is 12.1. The van der Waals surface area contributed by atoms with Crippen molar-refractivity contribution in [1.29, 1.82) is 5.26 Å². The number of hydrogen-bond donors (Lipinski definition) is 1. The van der Waals surface area contributed by atoms with E-state index < -0.39 is 5.97 Å². The van der Waals surface area contributed by atoms with Gasteiger partial charge in [-0.2, -0.15) is 5.26 Å². The number of ether oxygens (including phenoxy) is 1. The molecule has 0 aliphatic rings. The summed E-state index contributed by atoms with van der Waals surface area (Å²) in [5.74, 6) is 0.0591. The van der Waals surface area contributed by atoms with Crippen LogP contribution in [0, 0.1) is 11.3 Å². The molecule has 0 unspecified atom stereocenters. The Morgan fingerprint density at radius 3 is 2.24 bits per heavy atom. The second kappa shape index (κ2) is 10.2. The van der Waals surface area contributed by atoms with Crippen LogP contribution in [0.15, 0.2) is 71.3 Å². The molecule has 0 amide bonds. The highest BCUT2D eigenvalue weighted by Gasteiger charge is 2.17. The Balaban J connectivity index is 2.17. The van der Waals surface area contributed by atoms with Gasteiger partial charge in [0.1, 0.15) is 6.07 Å². The highest BCUT2D eigenvalue weighted by molar-refractivity contribution is 8.02. The van der Waals surface area contributed by atoms with Crippen LogP contribution in [0.2, 0.25) is 0 Å². The average molecular weight is 352 g/mol. The summed E-state index contributed by atoms with van der Waals surface area (Å²) in [5, 5.41) is 13.2. The molecule has 0 heterocycles. The van der Waals surface area contributed by atoms with Crippen molar-refractivity contribution < 1.29 is 9.53 Å². The number of thioether (sulfide) groups is 1. The Morgan fingerprint density at radius 1 is 1.08 bits per heavy atom. The molecule has 4 nitrogen and oxygen atoms in total. The molecule has 0 aromatic heterocycles. The molecule has 1 N–H and O–H groups in total. The van der Waals surface area contributed by atoms with E-state index in [1.165, 1.54) is 11.8 Å². The Bertz CT molecular complexity index is 707. The summed E-state index contributed by atoms with van der Waals surface area (Å²) >= 11 is 1.43. The maximum Gasteiger partial charge on any atom is 0.351 e. The molecule has 0 saturated heterocycles. The second-order valence-electron chi connectivity index (χ2n) is 5.15. The third-order valence-electron chi connectivity index (χ3n) is 3.34. The minimum Gasteiger partial charge on any atom is -0.462 e. The average Bonchev–Trinajstić information content (AvgIpc) is 2.66. The van der Waals surface area contributed by atoms with Crippen molar-refractivity contribution in [3.8, 4) is 6.07 Å². The van der Waals surface area contributed by atoms with E-state index in [1.807, 2.05) is 66.7 Å². The van der Waals surface area contributed by atoms with Gasteiger partial charge in [-0.1, -0.05) is 60.7 Å². The molecule has 0 bridgehead atoms. The zero-order chi connectivity index (χ0) is 17.9. The topological polar surface area (TPSA) is 62.1 Å². The molecule has 128 valence electrons. The monoisotopic (exact) mass is 352 g/mol. The van der Waals surface area contributed by atoms with Gasteiger partial charge >= 0.3 is 5.97 Å². The lowest BCUT2D eigenvalue weighted by Gasteiger charge is -2.13. The van der Waals surface area contributed by atoms with E-state index in [0.717, 1.165) is 11.1 Å². The van der Waals surface area contributed by atoms with Gasteiger partial charge in [-0.25, -0.2) is 4.79 Å². The van der Waals surface area contributed by atoms with Crippen molar-refractivity contribution in [2.45, 2.75) is 19.2 Å². The SMILES string of the molecule is CCOC(=O)C(C#N)=C(NCc1ccccc1)SCc1ccccc1. The Morgan fingerprint density at radius 2 is 1.68 bits per heavy atom. The quantitative estimate of drug-likeness (QED) is 0.442. The summed E-state index contributed by atoms with van der Waals surface area (Å²) in [7, 11) is 0. The van der Waals surface area contributed by atoms with E-state index >= 15 is 0 Å². The third-order valence-corrected chi connectivity index (χ3v) is 4.46. The van der Waals surface area contributed by atoms with Gasteiger partial charge in [-0.05, 0) is 18.1 Å². The van der Waals surface area contributed by atoms with Crippen LogP contribution >= 0.6 is 11.8 Å². The highest BCUT2D eigenvalue weighted by atomic mass is 32.2. The largest absolute Gasteiger partial charge is 0.462 e. The first-order valence-corrected chi connectivity index (χ1v) is 8.99. The van der Waals surface area contributed by atoms with E-state index in [1.54, 1.807) is 6.92 Å². The number of hydrogen-bond acceptors (Lipinski definition) is 5. The molecule has 25 heavy (non-hydrogen) atoms. The van der Waals surface area contributed by atoms with Gasteiger partial charge in [0, 0.05) is 12.3 Å². The van der Waals surface area contributed by atoms with Gasteiger partial charge in [-0.3, -0.25) is 0 Å².